The Hall–Kier alpha value is -4.80. The highest BCUT2D eigenvalue weighted by atomic mass is 35.5. The quantitative estimate of drug-likeness (QED) is 0.0483. The van der Waals surface area contributed by atoms with Crippen LogP contribution in [0.3, 0.4) is 0 Å². The van der Waals surface area contributed by atoms with Gasteiger partial charge in [-0.3, -0.25) is 14.4 Å². The molecule has 0 spiro atoms. The van der Waals surface area contributed by atoms with E-state index in [1.54, 1.807) is 25.4 Å². The first kappa shape index (κ1) is 40.4. The average molecular weight is 774 g/mol. The lowest BCUT2D eigenvalue weighted by Gasteiger charge is -2.32. The smallest absolute Gasteiger partial charge is 0.245 e. The lowest BCUT2D eigenvalue weighted by Crippen LogP contribution is -2.57. The summed E-state index contributed by atoms with van der Waals surface area (Å²) in [5, 5.41) is 23.0. The van der Waals surface area contributed by atoms with E-state index < -0.39 is 29.9 Å². The lowest BCUT2D eigenvalue weighted by molar-refractivity contribution is -0.142. The highest BCUT2D eigenvalue weighted by Crippen LogP contribution is 2.38. The number of aromatic nitrogens is 2. The van der Waals surface area contributed by atoms with Gasteiger partial charge in [-0.1, -0.05) is 47.6 Å². The number of pyridine rings is 1. The summed E-state index contributed by atoms with van der Waals surface area (Å²) in [6.45, 7) is 1.14. The fraction of sp³-hybridized carbons (Fsp3) is 0.368. The maximum Gasteiger partial charge on any atom is 0.245 e. The van der Waals surface area contributed by atoms with Gasteiger partial charge in [0.2, 0.25) is 17.7 Å². The van der Waals surface area contributed by atoms with E-state index in [0.29, 0.717) is 71.3 Å². The summed E-state index contributed by atoms with van der Waals surface area (Å²) in [5.74, 6) is 4.46. The Labute approximate surface area is 323 Å². The van der Waals surface area contributed by atoms with E-state index in [0.717, 1.165) is 28.2 Å². The molecule has 0 unspecified atom stereocenters. The summed E-state index contributed by atoms with van der Waals surface area (Å²) >= 11 is 8.26. The molecule has 1 aliphatic heterocycles. The fourth-order valence-electron chi connectivity index (χ4n) is 6.50. The molecule has 5 rings (SSSR count). The van der Waals surface area contributed by atoms with E-state index in [2.05, 4.69) is 31.0 Å². The molecule has 2 aromatic heterocycles. The molecule has 2 aromatic carbocycles. The molecule has 11 N–H and O–H groups in total. The van der Waals surface area contributed by atoms with E-state index in [-0.39, 0.29) is 31.1 Å². The molecule has 3 amide bonds. The first-order valence-corrected chi connectivity index (χ1v) is 19.1. The monoisotopic (exact) mass is 773 g/mol. The number of likely N-dealkylation sites (N-methyl/N-ethyl adjacent to an activating group) is 1. The number of hydrogen-bond acceptors (Lipinski definition) is 11. The van der Waals surface area contributed by atoms with Crippen molar-refractivity contribution in [3.05, 3.63) is 88.2 Å². The summed E-state index contributed by atoms with van der Waals surface area (Å²) in [7, 11) is 1.59. The standard InChI is InChI=1S/C38H48ClN11O3S/c1-50-33(18-25-21-45-29-10-3-2-9-27(25)29)36(52)47-22-26-16-24(32(19-42)49-43)17-28(39)34(26)54-37-23(8-7-15-44-37)20-46-30(12-6-14-41)35(51)48-31(38(50)53)11-4-5-13-40/h2-3,7-10,15-17,19,21,30-31,33,42,45-46H,4-6,11-14,18,20,22,40-41,43H2,1H3,(H,47,52)(H,48,51)/b42-19?,49-32+/t30-,31-,33-/m0/s1. The number of halogens is 1. The maximum atomic E-state index is 14.5. The average Bonchev–Trinajstić information content (AvgIpc) is 3.59. The number of nitrogens with zero attached hydrogens (tertiary/aromatic N) is 3. The molecule has 54 heavy (non-hydrogen) atoms. The number of fused-ring (bicyclic) bond motifs is 3. The third-order valence-corrected chi connectivity index (χ3v) is 11.2. The summed E-state index contributed by atoms with van der Waals surface area (Å²) in [5.41, 5.74) is 15.6. The van der Waals surface area contributed by atoms with E-state index in [4.69, 9.17) is 34.3 Å². The number of hydrogen-bond donors (Lipinski definition) is 8. The zero-order valence-electron chi connectivity index (χ0n) is 30.2. The number of unbranched alkanes of at least 4 members (excludes halogenated alkanes) is 1. The molecule has 0 bridgehead atoms. The van der Waals surface area contributed by atoms with E-state index >= 15 is 0 Å². The van der Waals surface area contributed by atoms with Crippen molar-refractivity contribution in [3.63, 3.8) is 0 Å². The molecule has 3 heterocycles. The molecule has 0 saturated carbocycles. The summed E-state index contributed by atoms with van der Waals surface area (Å²) in [6.07, 6.45) is 7.36. The molecule has 0 aliphatic carbocycles. The minimum atomic E-state index is -0.965. The van der Waals surface area contributed by atoms with Crippen molar-refractivity contribution in [2.45, 2.75) is 79.7 Å². The number of hydrazone groups is 1. The largest absolute Gasteiger partial charge is 0.361 e. The van der Waals surface area contributed by atoms with Gasteiger partial charge < -0.3 is 48.6 Å². The number of amides is 3. The fourth-order valence-corrected chi connectivity index (χ4v) is 7.86. The highest BCUT2D eigenvalue weighted by Gasteiger charge is 2.34. The number of H-pyrrole nitrogens is 1. The van der Waals surface area contributed by atoms with Crippen molar-refractivity contribution in [1.29, 1.82) is 5.41 Å². The molecular formula is C38H48ClN11O3S. The molecule has 0 saturated heterocycles. The Bertz CT molecular complexity index is 1990. The Kier molecular flexibility index (Phi) is 14.6. The van der Waals surface area contributed by atoms with Crippen molar-refractivity contribution in [3.8, 4) is 0 Å². The van der Waals surface area contributed by atoms with Gasteiger partial charge >= 0.3 is 0 Å². The zero-order valence-corrected chi connectivity index (χ0v) is 31.8. The van der Waals surface area contributed by atoms with Crippen molar-refractivity contribution < 1.29 is 14.4 Å². The van der Waals surface area contributed by atoms with Crippen LogP contribution in [0.5, 0.6) is 0 Å². The van der Waals surface area contributed by atoms with Crippen LogP contribution in [0, 0.1) is 5.41 Å². The topological polar surface area (TPSA) is 233 Å². The van der Waals surface area contributed by atoms with Crippen LogP contribution in [0.25, 0.3) is 10.9 Å². The molecule has 16 heteroatoms. The van der Waals surface area contributed by atoms with Crippen molar-refractivity contribution in [2.24, 2.45) is 22.4 Å². The van der Waals surface area contributed by atoms with Crippen LogP contribution in [0.15, 0.2) is 75.9 Å². The van der Waals surface area contributed by atoms with Gasteiger partial charge in [0.25, 0.3) is 0 Å². The molecule has 4 aromatic rings. The second-order valence-electron chi connectivity index (χ2n) is 13.1. The second-order valence-corrected chi connectivity index (χ2v) is 14.5. The molecular weight excluding hydrogens is 726 g/mol. The summed E-state index contributed by atoms with van der Waals surface area (Å²) < 4.78 is 0. The van der Waals surface area contributed by atoms with E-state index in [1.807, 2.05) is 42.6 Å². The SMILES string of the molecule is CN1C(=O)[C@H](CCCCN)NC(=O)[C@H](CCCN)NCc2cccnc2Sc2c(Cl)cc(/C(C=N)=N/N)cc2CNC(=O)[C@@H]1Cc1c[nH]c2ccccc12. The van der Waals surface area contributed by atoms with Gasteiger partial charge in [-0.05, 0) is 86.1 Å². The first-order valence-electron chi connectivity index (χ1n) is 17.9. The number of carbonyl (C=O) groups is 3. The Balaban J connectivity index is 1.62. The van der Waals surface area contributed by atoms with Crippen LogP contribution in [0.1, 0.15) is 54.4 Å². The predicted molar refractivity (Wildman–Crippen MR) is 213 cm³/mol. The van der Waals surface area contributed by atoms with E-state index in [9.17, 15) is 14.4 Å². The number of nitrogens with two attached hydrogens (primary N) is 3. The molecule has 1 aliphatic rings. The van der Waals surface area contributed by atoms with Crippen LogP contribution >= 0.6 is 23.4 Å². The summed E-state index contributed by atoms with van der Waals surface area (Å²) in [4.78, 5) is 52.9. The third kappa shape index (κ3) is 9.84. The number of rotatable bonds is 11. The molecule has 0 radical (unpaired) electrons. The number of aromatic amines is 1. The van der Waals surface area contributed by atoms with Gasteiger partial charge in [0.05, 0.1) is 11.1 Å². The van der Waals surface area contributed by atoms with Gasteiger partial charge in [0.1, 0.15) is 22.8 Å². The number of carbonyl (C=O) groups excluding carboxylic acids is 3. The molecule has 3 atom stereocenters. The van der Waals surface area contributed by atoms with Crippen LogP contribution in [0.4, 0.5) is 0 Å². The van der Waals surface area contributed by atoms with Crippen LogP contribution in [-0.2, 0) is 33.9 Å². The van der Waals surface area contributed by atoms with Gasteiger partial charge in [-0.15, -0.1) is 0 Å². The third-order valence-electron chi connectivity index (χ3n) is 9.51. The van der Waals surface area contributed by atoms with Gasteiger partial charge in [-0.25, -0.2) is 4.98 Å². The van der Waals surface area contributed by atoms with Crippen LogP contribution in [0.2, 0.25) is 5.02 Å². The maximum absolute atomic E-state index is 14.5. The number of para-hydroxylation sites is 1. The lowest BCUT2D eigenvalue weighted by atomic mass is 10.0. The molecule has 0 fully saturated rings. The second kappa shape index (κ2) is 19.5. The number of nitrogens with one attached hydrogen (secondary N) is 5. The van der Waals surface area contributed by atoms with Crippen LogP contribution in [-0.4, -0.2) is 82.8 Å². The number of benzene rings is 2. The van der Waals surface area contributed by atoms with Crippen LogP contribution < -0.4 is 33.3 Å². The predicted octanol–water partition coefficient (Wildman–Crippen LogP) is 3.19. The minimum absolute atomic E-state index is 0.0231. The zero-order chi connectivity index (χ0) is 38.6. The molecule has 286 valence electrons. The molecule has 14 nitrogen and oxygen atoms in total. The highest BCUT2D eigenvalue weighted by molar-refractivity contribution is 7.99. The normalized spacial score (nSPS) is 19.1. The summed E-state index contributed by atoms with van der Waals surface area (Å²) in [6, 6.07) is 12.4. The van der Waals surface area contributed by atoms with Crippen molar-refractivity contribution >= 4 is 63.9 Å². The van der Waals surface area contributed by atoms with Crippen molar-refractivity contribution in [2.75, 3.05) is 20.1 Å². The van der Waals surface area contributed by atoms with E-state index in [1.165, 1.54) is 16.7 Å². The Morgan fingerprint density at radius 2 is 1.80 bits per heavy atom. The van der Waals surface area contributed by atoms with Gasteiger partial charge in [-0.2, -0.15) is 5.10 Å². The minimum Gasteiger partial charge on any atom is -0.361 e. The Morgan fingerprint density at radius 1 is 1.02 bits per heavy atom. The van der Waals surface area contributed by atoms with Gasteiger partial charge in [0, 0.05) is 66.5 Å². The van der Waals surface area contributed by atoms with Crippen molar-refractivity contribution in [1.82, 2.24) is 30.8 Å². The first-order chi connectivity index (χ1) is 26.2. The Morgan fingerprint density at radius 3 is 2.56 bits per heavy atom. The van der Waals surface area contributed by atoms with Gasteiger partial charge in [0.15, 0.2) is 0 Å².